The standard InChI is InChI=1S/C13H22O4/c1-4-15-7-8-16-11(14)12(2)5-6-13(3)10(9-12)17-13/h10H,4-9H2,1-3H3. The zero-order chi connectivity index (χ0) is 12.5. The molecule has 0 aromatic rings. The van der Waals surface area contributed by atoms with Crippen LogP contribution in [0.25, 0.3) is 0 Å². The van der Waals surface area contributed by atoms with Crippen LogP contribution in [0.1, 0.15) is 40.0 Å². The molecule has 3 atom stereocenters. The van der Waals surface area contributed by atoms with Crippen molar-refractivity contribution in [2.45, 2.75) is 51.7 Å². The molecule has 1 heterocycles. The summed E-state index contributed by atoms with van der Waals surface area (Å²) in [4.78, 5) is 12.0. The van der Waals surface area contributed by atoms with Gasteiger partial charge in [-0.25, -0.2) is 0 Å². The van der Waals surface area contributed by atoms with Gasteiger partial charge in [0, 0.05) is 6.61 Å². The molecule has 0 aromatic carbocycles. The first kappa shape index (κ1) is 12.8. The van der Waals surface area contributed by atoms with Gasteiger partial charge in [-0.2, -0.15) is 0 Å². The second-order valence-corrected chi connectivity index (χ2v) is 5.52. The molecule has 0 N–H and O–H groups in total. The summed E-state index contributed by atoms with van der Waals surface area (Å²) in [5, 5.41) is 0. The summed E-state index contributed by atoms with van der Waals surface area (Å²) in [6.07, 6.45) is 2.85. The summed E-state index contributed by atoms with van der Waals surface area (Å²) in [6, 6.07) is 0. The van der Waals surface area contributed by atoms with Gasteiger partial charge in [-0.15, -0.1) is 0 Å². The van der Waals surface area contributed by atoms with Gasteiger partial charge in [-0.1, -0.05) is 0 Å². The fourth-order valence-electron chi connectivity index (χ4n) is 2.50. The molecule has 2 aliphatic rings. The molecule has 1 saturated heterocycles. The predicted octanol–water partition coefficient (Wildman–Crippen LogP) is 1.91. The molecule has 0 spiro atoms. The first-order chi connectivity index (χ1) is 8.00. The van der Waals surface area contributed by atoms with E-state index in [4.69, 9.17) is 14.2 Å². The third-order valence-corrected chi connectivity index (χ3v) is 4.00. The summed E-state index contributed by atoms with van der Waals surface area (Å²) in [5.74, 6) is -0.102. The van der Waals surface area contributed by atoms with E-state index in [0.717, 1.165) is 19.3 Å². The molecule has 2 fully saturated rings. The van der Waals surface area contributed by atoms with Crippen molar-refractivity contribution in [3.05, 3.63) is 0 Å². The summed E-state index contributed by atoms with van der Waals surface area (Å²) >= 11 is 0. The van der Waals surface area contributed by atoms with Gasteiger partial charge in [0.1, 0.15) is 6.61 Å². The van der Waals surface area contributed by atoms with E-state index in [1.165, 1.54) is 0 Å². The van der Waals surface area contributed by atoms with E-state index in [1.54, 1.807) is 0 Å². The average molecular weight is 242 g/mol. The number of epoxide rings is 1. The van der Waals surface area contributed by atoms with Gasteiger partial charge in [-0.3, -0.25) is 4.79 Å². The van der Waals surface area contributed by atoms with Crippen LogP contribution in [0.15, 0.2) is 0 Å². The van der Waals surface area contributed by atoms with Gasteiger partial charge in [0.05, 0.1) is 23.7 Å². The Bertz CT molecular complexity index is 304. The highest BCUT2D eigenvalue weighted by molar-refractivity contribution is 5.76. The van der Waals surface area contributed by atoms with Crippen LogP contribution in [0.3, 0.4) is 0 Å². The van der Waals surface area contributed by atoms with Crippen molar-refractivity contribution in [3.63, 3.8) is 0 Å². The van der Waals surface area contributed by atoms with Crippen molar-refractivity contribution in [1.29, 1.82) is 0 Å². The van der Waals surface area contributed by atoms with Gasteiger partial charge < -0.3 is 14.2 Å². The number of carbonyl (C=O) groups excluding carboxylic acids is 1. The molecule has 0 radical (unpaired) electrons. The van der Waals surface area contributed by atoms with Gasteiger partial charge in [0.2, 0.25) is 0 Å². The van der Waals surface area contributed by atoms with Crippen LogP contribution in [0, 0.1) is 5.41 Å². The van der Waals surface area contributed by atoms with E-state index in [1.807, 2.05) is 13.8 Å². The number of fused-ring (bicyclic) bond motifs is 1. The van der Waals surface area contributed by atoms with E-state index in [9.17, 15) is 4.79 Å². The van der Waals surface area contributed by atoms with Crippen LogP contribution in [0.5, 0.6) is 0 Å². The van der Waals surface area contributed by atoms with Gasteiger partial charge in [-0.05, 0) is 40.0 Å². The van der Waals surface area contributed by atoms with Crippen LogP contribution in [-0.2, 0) is 19.0 Å². The number of ether oxygens (including phenoxy) is 3. The lowest BCUT2D eigenvalue weighted by Gasteiger charge is -2.31. The Hall–Kier alpha value is -0.610. The van der Waals surface area contributed by atoms with E-state index < -0.39 is 0 Å². The second-order valence-electron chi connectivity index (χ2n) is 5.52. The average Bonchev–Trinajstić information content (AvgIpc) is 2.95. The molecular formula is C13H22O4. The quantitative estimate of drug-likeness (QED) is 0.420. The zero-order valence-corrected chi connectivity index (χ0v) is 11.0. The van der Waals surface area contributed by atoms with Crippen molar-refractivity contribution in [3.8, 4) is 0 Å². The minimum atomic E-state index is -0.368. The summed E-state index contributed by atoms with van der Waals surface area (Å²) in [6.45, 7) is 7.52. The molecule has 4 heteroatoms. The molecule has 98 valence electrons. The maximum absolute atomic E-state index is 12.0. The van der Waals surface area contributed by atoms with Crippen LogP contribution in [-0.4, -0.2) is 37.5 Å². The Morgan fingerprint density at radius 3 is 2.76 bits per heavy atom. The van der Waals surface area contributed by atoms with Crippen LogP contribution in [0.4, 0.5) is 0 Å². The second kappa shape index (κ2) is 4.58. The first-order valence-corrected chi connectivity index (χ1v) is 6.43. The Balaban J connectivity index is 1.78. The third kappa shape index (κ3) is 2.63. The van der Waals surface area contributed by atoms with Gasteiger partial charge >= 0.3 is 5.97 Å². The molecule has 0 aromatic heterocycles. The Labute approximate surface area is 103 Å². The van der Waals surface area contributed by atoms with Crippen molar-refractivity contribution >= 4 is 5.97 Å². The monoisotopic (exact) mass is 242 g/mol. The van der Waals surface area contributed by atoms with Crippen molar-refractivity contribution in [2.24, 2.45) is 5.41 Å². The van der Waals surface area contributed by atoms with Crippen molar-refractivity contribution < 1.29 is 19.0 Å². The number of carbonyl (C=O) groups is 1. The molecule has 1 aliphatic carbocycles. The topological polar surface area (TPSA) is 48.1 Å². The van der Waals surface area contributed by atoms with Gasteiger partial charge in [0.15, 0.2) is 0 Å². The lowest BCUT2D eigenvalue weighted by Crippen LogP contribution is -2.37. The van der Waals surface area contributed by atoms with Crippen LogP contribution < -0.4 is 0 Å². The predicted molar refractivity (Wildman–Crippen MR) is 62.7 cm³/mol. The first-order valence-electron chi connectivity index (χ1n) is 6.43. The van der Waals surface area contributed by atoms with Gasteiger partial charge in [0.25, 0.3) is 0 Å². The van der Waals surface area contributed by atoms with Crippen molar-refractivity contribution in [1.82, 2.24) is 0 Å². The Kier molecular flexibility index (Phi) is 3.46. The number of hydrogen-bond acceptors (Lipinski definition) is 4. The number of rotatable bonds is 5. The maximum atomic E-state index is 12.0. The fraction of sp³-hybridized carbons (Fsp3) is 0.923. The highest BCUT2D eigenvalue weighted by Crippen LogP contribution is 2.53. The molecule has 0 amide bonds. The minimum absolute atomic E-state index is 0.0467. The van der Waals surface area contributed by atoms with E-state index in [-0.39, 0.29) is 23.1 Å². The number of hydrogen-bond donors (Lipinski definition) is 0. The molecule has 1 saturated carbocycles. The SMILES string of the molecule is CCOCCOC(=O)C1(C)CCC2(C)OC2C1. The Morgan fingerprint density at radius 1 is 1.35 bits per heavy atom. The van der Waals surface area contributed by atoms with E-state index >= 15 is 0 Å². The highest BCUT2D eigenvalue weighted by Gasteiger charge is 2.60. The molecule has 2 rings (SSSR count). The Morgan fingerprint density at radius 2 is 2.12 bits per heavy atom. The molecule has 0 bridgehead atoms. The third-order valence-electron chi connectivity index (χ3n) is 4.00. The fourth-order valence-corrected chi connectivity index (χ4v) is 2.50. The molecule has 1 aliphatic heterocycles. The largest absolute Gasteiger partial charge is 0.463 e. The summed E-state index contributed by atoms with van der Waals surface area (Å²) < 4.78 is 16.0. The van der Waals surface area contributed by atoms with Crippen LogP contribution >= 0.6 is 0 Å². The number of esters is 1. The lowest BCUT2D eigenvalue weighted by molar-refractivity contribution is -0.158. The maximum Gasteiger partial charge on any atom is 0.311 e. The van der Waals surface area contributed by atoms with E-state index in [0.29, 0.717) is 19.8 Å². The van der Waals surface area contributed by atoms with Crippen molar-refractivity contribution in [2.75, 3.05) is 19.8 Å². The minimum Gasteiger partial charge on any atom is -0.463 e. The van der Waals surface area contributed by atoms with Crippen LogP contribution in [0.2, 0.25) is 0 Å². The molecule has 17 heavy (non-hydrogen) atoms. The zero-order valence-electron chi connectivity index (χ0n) is 11.0. The highest BCUT2D eigenvalue weighted by atomic mass is 16.6. The smallest absolute Gasteiger partial charge is 0.311 e. The summed E-state index contributed by atoms with van der Waals surface area (Å²) in [5.41, 5.74) is -0.321. The molecule has 3 unspecified atom stereocenters. The normalized spacial score (nSPS) is 39.6. The molecular weight excluding hydrogens is 220 g/mol. The molecule has 4 nitrogen and oxygen atoms in total. The summed E-state index contributed by atoms with van der Waals surface area (Å²) in [7, 11) is 0. The van der Waals surface area contributed by atoms with E-state index in [2.05, 4.69) is 6.92 Å². The lowest BCUT2D eigenvalue weighted by atomic mass is 9.72.